The second-order valence-electron chi connectivity index (χ2n) is 6.87. The summed E-state index contributed by atoms with van der Waals surface area (Å²) in [5, 5.41) is 9.82. The van der Waals surface area contributed by atoms with Gasteiger partial charge in [0.1, 0.15) is 0 Å². The number of nitrogens with one attached hydrogen (secondary N) is 2. The maximum atomic E-state index is 12.7. The van der Waals surface area contributed by atoms with Crippen molar-refractivity contribution < 1.29 is 9.59 Å². The summed E-state index contributed by atoms with van der Waals surface area (Å²) in [6.07, 6.45) is 6.82. The van der Waals surface area contributed by atoms with Crippen molar-refractivity contribution in [3.05, 3.63) is 18.0 Å². The molecule has 2 N–H and O–H groups in total. The van der Waals surface area contributed by atoms with Crippen LogP contribution in [0, 0.1) is 0 Å². The standard InChI is InChI=1S/C16H27N5O2/c1-16(2,8-7-14(22)17-3)19-15(23)21(13-5-6-13)11-12-9-18-20(4)10-12/h9-10,13H,5-8,11H2,1-4H3,(H,17,22)(H,19,23). The van der Waals surface area contributed by atoms with Crippen molar-refractivity contribution in [2.75, 3.05) is 7.05 Å². The van der Waals surface area contributed by atoms with E-state index in [0.29, 0.717) is 25.4 Å². The number of amides is 3. The lowest BCUT2D eigenvalue weighted by molar-refractivity contribution is -0.121. The summed E-state index contributed by atoms with van der Waals surface area (Å²) in [6, 6.07) is 0.239. The zero-order valence-electron chi connectivity index (χ0n) is 14.4. The molecule has 128 valence electrons. The fourth-order valence-corrected chi connectivity index (χ4v) is 2.48. The minimum absolute atomic E-state index is 0.0123. The molecule has 1 aromatic rings. The van der Waals surface area contributed by atoms with Crippen molar-refractivity contribution in [2.24, 2.45) is 7.05 Å². The molecule has 1 aliphatic carbocycles. The van der Waals surface area contributed by atoms with Crippen molar-refractivity contribution >= 4 is 11.9 Å². The van der Waals surface area contributed by atoms with Crippen LogP contribution in [0.5, 0.6) is 0 Å². The van der Waals surface area contributed by atoms with Crippen LogP contribution in [0.1, 0.15) is 45.1 Å². The predicted molar refractivity (Wildman–Crippen MR) is 87.7 cm³/mol. The fraction of sp³-hybridized carbons (Fsp3) is 0.688. The molecule has 1 heterocycles. The first-order chi connectivity index (χ1) is 10.8. The van der Waals surface area contributed by atoms with E-state index >= 15 is 0 Å². The van der Waals surface area contributed by atoms with E-state index in [9.17, 15) is 9.59 Å². The van der Waals surface area contributed by atoms with Gasteiger partial charge in [0.15, 0.2) is 0 Å². The topological polar surface area (TPSA) is 79.3 Å². The van der Waals surface area contributed by atoms with Crippen LogP contribution in [-0.2, 0) is 18.4 Å². The van der Waals surface area contributed by atoms with E-state index in [1.807, 2.05) is 32.0 Å². The highest BCUT2D eigenvalue weighted by molar-refractivity contribution is 5.77. The first kappa shape index (κ1) is 17.3. The molecule has 0 saturated heterocycles. The van der Waals surface area contributed by atoms with Crippen LogP contribution in [0.4, 0.5) is 4.79 Å². The van der Waals surface area contributed by atoms with Crippen LogP contribution in [0.3, 0.4) is 0 Å². The van der Waals surface area contributed by atoms with Gasteiger partial charge in [-0.05, 0) is 33.1 Å². The highest BCUT2D eigenvalue weighted by Crippen LogP contribution is 2.29. The normalized spacial score (nSPS) is 14.4. The van der Waals surface area contributed by atoms with E-state index in [1.165, 1.54) is 0 Å². The first-order valence-electron chi connectivity index (χ1n) is 8.07. The maximum Gasteiger partial charge on any atom is 0.318 e. The molecular formula is C16H27N5O2. The van der Waals surface area contributed by atoms with Crippen LogP contribution < -0.4 is 10.6 Å². The summed E-state index contributed by atoms with van der Waals surface area (Å²) in [4.78, 5) is 25.9. The minimum Gasteiger partial charge on any atom is -0.359 e. The molecule has 0 atom stereocenters. The predicted octanol–water partition coefficient (Wildman–Crippen LogP) is 1.40. The Morgan fingerprint density at radius 1 is 1.43 bits per heavy atom. The fourth-order valence-electron chi connectivity index (χ4n) is 2.48. The lowest BCUT2D eigenvalue weighted by Crippen LogP contribution is -2.50. The van der Waals surface area contributed by atoms with Crippen molar-refractivity contribution in [1.29, 1.82) is 0 Å². The van der Waals surface area contributed by atoms with Gasteiger partial charge in [-0.15, -0.1) is 0 Å². The average molecular weight is 321 g/mol. The molecule has 1 saturated carbocycles. The highest BCUT2D eigenvalue weighted by atomic mass is 16.2. The number of carbonyl (C=O) groups is 2. The molecule has 0 aromatic carbocycles. The molecule has 3 amide bonds. The number of aromatic nitrogens is 2. The Morgan fingerprint density at radius 3 is 2.65 bits per heavy atom. The van der Waals surface area contributed by atoms with Crippen LogP contribution in [0.2, 0.25) is 0 Å². The third-order valence-electron chi connectivity index (χ3n) is 4.06. The molecule has 2 rings (SSSR count). The zero-order valence-corrected chi connectivity index (χ0v) is 14.4. The molecule has 0 unspecified atom stereocenters. The Hall–Kier alpha value is -2.05. The smallest absolute Gasteiger partial charge is 0.318 e. The largest absolute Gasteiger partial charge is 0.359 e. The number of rotatable bonds is 7. The van der Waals surface area contributed by atoms with Gasteiger partial charge in [0.2, 0.25) is 5.91 Å². The van der Waals surface area contributed by atoms with Crippen molar-refractivity contribution in [3.63, 3.8) is 0 Å². The van der Waals surface area contributed by atoms with Gasteiger partial charge in [0.25, 0.3) is 0 Å². The number of hydrogen-bond acceptors (Lipinski definition) is 3. The Bertz CT molecular complexity index is 563. The second kappa shape index (κ2) is 7.02. The number of hydrogen-bond donors (Lipinski definition) is 2. The zero-order chi connectivity index (χ0) is 17.0. The third kappa shape index (κ3) is 5.26. The van der Waals surface area contributed by atoms with Crippen molar-refractivity contribution in [1.82, 2.24) is 25.3 Å². The second-order valence-corrected chi connectivity index (χ2v) is 6.87. The van der Waals surface area contributed by atoms with Crippen LogP contribution in [0.15, 0.2) is 12.4 Å². The Kier molecular flexibility index (Phi) is 5.28. The van der Waals surface area contributed by atoms with Crippen molar-refractivity contribution in [2.45, 2.75) is 57.7 Å². The average Bonchev–Trinajstić information content (AvgIpc) is 3.24. The monoisotopic (exact) mass is 321 g/mol. The van der Waals surface area contributed by atoms with E-state index in [-0.39, 0.29) is 11.9 Å². The molecule has 0 bridgehead atoms. The molecule has 1 fully saturated rings. The molecular weight excluding hydrogens is 294 g/mol. The summed E-state index contributed by atoms with van der Waals surface area (Å²) >= 11 is 0. The van der Waals surface area contributed by atoms with E-state index in [4.69, 9.17) is 0 Å². The summed E-state index contributed by atoms with van der Waals surface area (Å²) < 4.78 is 1.74. The van der Waals surface area contributed by atoms with E-state index in [1.54, 1.807) is 17.9 Å². The molecule has 0 radical (unpaired) electrons. The van der Waals surface area contributed by atoms with Gasteiger partial charge >= 0.3 is 6.03 Å². The molecule has 1 aromatic heterocycles. The SMILES string of the molecule is CNC(=O)CCC(C)(C)NC(=O)N(Cc1cnn(C)c1)C1CC1. The van der Waals surface area contributed by atoms with E-state index < -0.39 is 5.54 Å². The molecule has 7 heteroatoms. The Balaban J connectivity index is 1.93. The highest BCUT2D eigenvalue weighted by Gasteiger charge is 2.34. The molecule has 1 aliphatic rings. The number of nitrogens with zero attached hydrogens (tertiary/aromatic N) is 3. The maximum absolute atomic E-state index is 12.7. The van der Waals surface area contributed by atoms with Crippen LogP contribution in [-0.4, -0.2) is 45.2 Å². The quantitative estimate of drug-likeness (QED) is 0.797. The van der Waals surface area contributed by atoms with Gasteiger partial charge < -0.3 is 15.5 Å². The van der Waals surface area contributed by atoms with Gasteiger partial charge in [-0.2, -0.15) is 5.10 Å². The van der Waals surface area contributed by atoms with E-state index in [2.05, 4.69) is 15.7 Å². The number of aryl methyl sites for hydroxylation is 1. The molecule has 0 aliphatic heterocycles. The summed E-state index contributed by atoms with van der Waals surface area (Å²) in [7, 11) is 3.49. The third-order valence-corrected chi connectivity index (χ3v) is 4.06. The van der Waals surface area contributed by atoms with Gasteiger partial charge in [0.05, 0.1) is 12.7 Å². The minimum atomic E-state index is -0.425. The Morgan fingerprint density at radius 2 is 2.13 bits per heavy atom. The van der Waals surface area contributed by atoms with Crippen molar-refractivity contribution in [3.8, 4) is 0 Å². The summed E-state index contributed by atoms with van der Waals surface area (Å²) in [5.74, 6) is -0.0123. The molecule has 7 nitrogen and oxygen atoms in total. The summed E-state index contributed by atoms with van der Waals surface area (Å²) in [6.45, 7) is 4.46. The van der Waals surface area contributed by atoms with Gasteiger partial charge in [-0.3, -0.25) is 9.48 Å². The molecule has 0 spiro atoms. The van der Waals surface area contributed by atoms with Gasteiger partial charge in [-0.25, -0.2) is 4.79 Å². The first-order valence-corrected chi connectivity index (χ1v) is 8.07. The number of carbonyl (C=O) groups excluding carboxylic acids is 2. The van der Waals surface area contributed by atoms with Gasteiger partial charge in [0, 0.05) is 43.9 Å². The van der Waals surface area contributed by atoms with E-state index in [0.717, 1.165) is 18.4 Å². The number of urea groups is 1. The molecule has 23 heavy (non-hydrogen) atoms. The van der Waals surface area contributed by atoms with Crippen LogP contribution >= 0.6 is 0 Å². The van der Waals surface area contributed by atoms with Crippen LogP contribution in [0.25, 0.3) is 0 Å². The summed E-state index contributed by atoms with van der Waals surface area (Å²) in [5.41, 5.74) is 0.601. The Labute approximate surface area is 137 Å². The lowest BCUT2D eigenvalue weighted by Gasteiger charge is -2.31. The van der Waals surface area contributed by atoms with Gasteiger partial charge in [-0.1, -0.05) is 0 Å². The lowest BCUT2D eigenvalue weighted by atomic mass is 9.98.